The van der Waals surface area contributed by atoms with E-state index in [0.717, 1.165) is 17.9 Å². The van der Waals surface area contributed by atoms with E-state index >= 15 is 0 Å². The van der Waals surface area contributed by atoms with E-state index in [1.54, 1.807) is 11.3 Å². The highest BCUT2D eigenvalue weighted by Gasteiger charge is 2.27. The molecule has 0 aliphatic carbocycles. The second-order valence-electron chi connectivity index (χ2n) is 10.4. The summed E-state index contributed by atoms with van der Waals surface area (Å²) in [5, 5.41) is 3.59. The summed E-state index contributed by atoms with van der Waals surface area (Å²) in [6.45, 7) is 6.60. The first-order valence-electron chi connectivity index (χ1n) is 14.2. The van der Waals surface area contributed by atoms with Crippen molar-refractivity contribution >= 4 is 32.9 Å². The molecule has 3 heteroatoms. The number of anilines is 1. The molecule has 202 valence electrons. The van der Waals surface area contributed by atoms with Crippen LogP contribution in [-0.2, 0) is 6.42 Å². The first-order valence-corrected chi connectivity index (χ1v) is 15.1. The number of benzene rings is 4. The predicted octanol–water partition coefficient (Wildman–Crippen LogP) is 10.4. The Morgan fingerprint density at radius 2 is 1.41 bits per heavy atom. The molecule has 0 saturated carbocycles. The van der Waals surface area contributed by atoms with Crippen LogP contribution >= 0.6 is 11.3 Å². The van der Waals surface area contributed by atoms with Gasteiger partial charge >= 0.3 is 0 Å². The van der Waals surface area contributed by atoms with Gasteiger partial charge in [0.2, 0.25) is 0 Å². The largest absolute Gasteiger partial charge is 0.315 e. The Morgan fingerprint density at radius 3 is 2.22 bits per heavy atom. The zero-order valence-corrected chi connectivity index (χ0v) is 24.6. The Balaban J connectivity index is 1.42. The average Bonchev–Trinajstić information content (AvgIpc) is 3.09. The third-order valence-electron chi connectivity index (χ3n) is 7.83. The second kappa shape index (κ2) is 12.0. The number of para-hydroxylation sites is 1. The summed E-state index contributed by atoms with van der Waals surface area (Å²) in [6, 6.07) is 41.5. The smallest absolute Gasteiger partial charge is 0.141 e. The van der Waals surface area contributed by atoms with Gasteiger partial charge in [0.15, 0.2) is 0 Å². The van der Waals surface area contributed by atoms with Gasteiger partial charge in [-0.25, -0.2) is 4.99 Å². The van der Waals surface area contributed by atoms with E-state index in [1.807, 2.05) is 6.20 Å². The van der Waals surface area contributed by atoms with E-state index < -0.39 is 0 Å². The van der Waals surface area contributed by atoms with Gasteiger partial charge in [-0.1, -0.05) is 104 Å². The molecule has 4 aromatic carbocycles. The van der Waals surface area contributed by atoms with Crippen LogP contribution in [-0.4, -0.2) is 5.84 Å². The van der Waals surface area contributed by atoms with Gasteiger partial charge in [-0.15, -0.1) is 11.3 Å². The standard InChI is InChI=1S/C38H34N2S/c1-4-29-12-8-9-16-34(29)38-39-25-24-36(40(38)32-13-6-5-7-14-32)31-22-20-30(21-23-31)35-26-41-37-17-11-10-15-33(37)27(2)18-19-28(35)3/h5-26,36H,4H2,1-3H3. The highest BCUT2D eigenvalue weighted by Crippen LogP contribution is 2.35. The number of hydrogen-bond donors (Lipinski definition) is 0. The van der Waals surface area contributed by atoms with Crippen molar-refractivity contribution in [2.45, 2.75) is 33.2 Å². The van der Waals surface area contributed by atoms with E-state index in [-0.39, 0.29) is 6.04 Å². The van der Waals surface area contributed by atoms with Crippen LogP contribution in [0, 0.1) is 13.8 Å². The zero-order chi connectivity index (χ0) is 28.2. The van der Waals surface area contributed by atoms with E-state index in [9.17, 15) is 0 Å². The summed E-state index contributed by atoms with van der Waals surface area (Å²) in [7, 11) is 0. The Bertz CT molecular complexity index is 1790. The van der Waals surface area contributed by atoms with E-state index in [2.05, 4.69) is 152 Å². The highest BCUT2D eigenvalue weighted by atomic mass is 32.1. The number of hydrogen-bond acceptors (Lipinski definition) is 3. The van der Waals surface area contributed by atoms with Crippen LogP contribution in [0.1, 0.15) is 40.8 Å². The number of aliphatic imine (C=N–C) groups is 1. The topological polar surface area (TPSA) is 15.6 Å². The summed E-state index contributed by atoms with van der Waals surface area (Å²) >= 11 is 1.80. The van der Waals surface area contributed by atoms with E-state index in [1.165, 1.54) is 49.0 Å². The quantitative estimate of drug-likeness (QED) is 0.212. The van der Waals surface area contributed by atoms with Crippen molar-refractivity contribution in [3.05, 3.63) is 161 Å². The van der Waals surface area contributed by atoms with E-state index in [0.29, 0.717) is 0 Å². The molecule has 6 rings (SSSR count). The lowest BCUT2D eigenvalue weighted by Crippen LogP contribution is -2.37. The molecular formula is C38H34N2S. The van der Waals surface area contributed by atoms with Crippen molar-refractivity contribution in [3.63, 3.8) is 0 Å². The van der Waals surface area contributed by atoms with Gasteiger partial charge < -0.3 is 4.90 Å². The van der Waals surface area contributed by atoms with Crippen LogP contribution in [0.2, 0.25) is 0 Å². The molecule has 1 aliphatic rings. The number of nitrogens with zero attached hydrogens (tertiary/aromatic N) is 2. The molecule has 0 saturated heterocycles. The van der Waals surface area contributed by atoms with Gasteiger partial charge in [0.05, 0.1) is 6.04 Å². The zero-order valence-electron chi connectivity index (χ0n) is 23.8. The molecule has 1 aromatic heterocycles. The summed E-state index contributed by atoms with van der Waals surface area (Å²) in [5.41, 5.74) is 9.85. The summed E-state index contributed by atoms with van der Waals surface area (Å²) in [5.74, 6) is 0.986. The maximum absolute atomic E-state index is 4.93. The SMILES string of the molecule is CCc1ccccc1C1=NC=CC(c2ccc(-c3csc4ccccc4c(C)ccc3C)cc2)N1c1ccccc1. The minimum atomic E-state index is 0.0295. The molecule has 0 N–H and O–H groups in total. The summed E-state index contributed by atoms with van der Waals surface area (Å²) < 4.78 is 1.28. The Kier molecular flexibility index (Phi) is 7.80. The van der Waals surface area contributed by atoms with Gasteiger partial charge in [0, 0.05) is 22.2 Å². The van der Waals surface area contributed by atoms with Crippen molar-refractivity contribution in [1.82, 2.24) is 0 Å². The summed E-state index contributed by atoms with van der Waals surface area (Å²) in [4.78, 5) is 7.30. The van der Waals surface area contributed by atoms with Gasteiger partial charge in [0.1, 0.15) is 5.84 Å². The van der Waals surface area contributed by atoms with E-state index in [4.69, 9.17) is 4.99 Å². The Morgan fingerprint density at radius 1 is 0.707 bits per heavy atom. The lowest BCUT2D eigenvalue weighted by molar-refractivity contribution is 0.855. The van der Waals surface area contributed by atoms with Crippen molar-refractivity contribution in [2.24, 2.45) is 4.99 Å². The number of amidine groups is 1. The van der Waals surface area contributed by atoms with Crippen LogP contribution in [0.3, 0.4) is 0 Å². The van der Waals surface area contributed by atoms with Gasteiger partial charge in [0.25, 0.3) is 0 Å². The summed E-state index contributed by atoms with van der Waals surface area (Å²) in [6.07, 6.45) is 5.13. The van der Waals surface area contributed by atoms with Crippen molar-refractivity contribution in [1.29, 1.82) is 0 Å². The first kappa shape index (κ1) is 26.7. The number of fused-ring (bicyclic) bond motifs is 1. The fraction of sp³-hybridized carbons (Fsp3) is 0.132. The van der Waals surface area contributed by atoms with Crippen molar-refractivity contribution in [2.75, 3.05) is 4.90 Å². The molecule has 5 aromatic rings. The molecule has 0 spiro atoms. The lowest BCUT2D eigenvalue weighted by atomic mass is 9.96. The van der Waals surface area contributed by atoms with Crippen LogP contribution in [0.25, 0.3) is 21.2 Å². The highest BCUT2D eigenvalue weighted by molar-refractivity contribution is 7.16. The Labute approximate surface area is 247 Å². The third-order valence-corrected chi connectivity index (χ3v) is 8.80. The molecule has 0 fully saturated rings. The molecule has 1 unspecified atom stereocenters. The van der Waals surface area contributed by atoms with Gasteiger partial charge in [-0.05, 0) is 88.7 Å². The first-order chi connectivity index (χ1) is 20.1. The average molecular weight is 551 g/mol. The molecule has 1 atom stereocenters. The van der Waals surface area contributed by atoms with Crippen molar-refractivity contribution < 1.29 is 0 Å². The second-order valence-corrected chi connectivity index (χ2v) is 11.3. The van der Waals surface area contributed by atoms with Crippen molar-refractivity contribution in [3.8, 4) is 11.1 Å². The molecule has 2 nitrogen and oxygen atoms in total. The van der Waals surface area contributed by atoms with Crippen LogP contribution < -0.4 is 4.90 Å². The molecule has 1 aliphatic heterocycles. The van der Waals surface area contributed by atoms with Gasteiger partial charge in [-0.2, -0.15) is 0 Å². The number of rotatable bonds is 5. The predicted molar refractivity (Wildman–Crippen MR) is 178 cm³/mol. The maximum atomic E-state index is 4.93. The molecule has 0 radical (unpaired) electrons. The molecule has 41 heavy (non-hydrogen) atoms. The fourth-order valence-corrected chi connectivity index (χ4v) is 6.63. The maximum Gasteiger partial charge on any atom is 0.141 e. The van der Waals surface area contributed by atoms with Gasteiger partial charge in [-0.3, -0.25) is 0 Å². The fourth-order valence-electron chi connectivity index (χ4n) is 5.55. The molecular weight excluding hydrogens is 516 g/mol. The third kappa shape index (κ3) is 5.46. The Hall–Kier alpha value is -4.47. The minimum Gasteiger partial charge on any atom is -0.315 e. The van der Waals surface area contributed by atoms with Crippen LogP contribution in [0.5, 0.6) is 0 Å². The van der Waals surface area contributed by atoms with Crippen LogP contribution in [0.4, 0.5) is 5.69 Å². The minimum absolute atomic E-state index is 0.0295. The monoisotopic (exact) mass is 550 g/mol. The number of aryl methyl sites for hydroxylation is 3. The normalized spacial score (nSPS) is 14.6. The molecule has 2 heterocycles. The lowest BCUT2D eigenvalue weighted by Gasteiger charge is -2.35. The molecule has 0 amide bonds. The molecule has 0 bridgehead atoms. The van der Waals surface area contributed by atoms with Crippen LogP contribution in [0.15, 0.2) is 138 Å².